The first-order chi connectivity index (χ1) is 10.4. The molecule has 0 aliphatic heterocycles. The van der Waals surface area contributed by atoms with Crippen molar-refractivity contribution in [1.82, 2.24) is 15.1 Å². The van der Waals surface area contributed by atoms with Crippen LogP contribution in [0.25, 0.3) is 6.08 Å². The van der Waals surface area contributed by atoms with Gasteiger partial charge >= 0.3 is 0 Å². The summed E-state index contributed by atoms with van der Waals surface area (Å²) in [6.07, 6.45) is 3.94. The molecule has 22 heavy (non-hydrogen) atoms. The largest absolute Gasteiger partial charge is 0.462 e. The van der Waals surface area contributed by atoms with Gasteiger partial charge in [0.25, 0.3) is 0 Å². The average Bonchev–Trinajstić information content (AvgIpc) is 2.96. The Bertz CT molecular complexity index is 695. The molecule has 0 saturated heterocycles. The first-order valence-electron chi connectivity index (χ1n) is 7.41. The molecule has 1 unspecified atom stereocenters. The predicted octanol–water partition coefficient (Wildman–Crippen LogP) is 2.70. The summed E-state index contributed by atoms with van der Waals surface area (Å²) in [6.45, 7) is 7.91. The monoisotopic (exact) mass is 301 g/mol. The van der Waals surface area contributed by atoms with Gasteiger partial charge in [-0.2, -0.15) is 5.10 Å². The molecule has 118 valence electrons. The van der Waals surface area contributed by atoms with E-state index in [1.54, 1.807) is 6.08 Å². The number of hydrogen-bond acceptors (Lipinski definition) is 3. The van der Waals surface area contributed by atoms with Crippen molar-refractivity contribution in [2.24, 2.45) is 7.05 Å². The third kappa shape index (κ3) is 3.87. The number of nitrogens with zero attached hydrogens (tertiary/aromatic N) is 2. The number of rotatable bonds is 5. The molecule has 0 spiro atoms. The molecule has 0 saturated carbocycles. The molecule has 1 N–H and O–H groups in total. The van der Waals surface area contributed by atoms with E-state index in [0.29, 0.717) is 5.76 Å². The van der Waals surface area contributed by atoms with Gasteiger partial charge in [0.2, 0.25) is 5.91 Å². The second-order valence-corrected chi connectivity index (χ2v) is 5.67. The van der Waals surface area contributed by atoms with Gasteiger partial charge in [-0.3, -0.25) is 9.48 Å². The summed E-state index contributed by atoms with van der Waals surface area (Å²) in [5, 5.41) is 7.36. The van der Waals surface area contributed by atoms with Crippen LogP contribution in [0.4, 0.5) is 0 Å². The molecule has 0 aliphatic rings. The molecular formula is C17H23N3O2. The molecule has 2 aromatic heterocycles. The van der Waals surface area contributed by atoms with Crippen molar-refractivity contribution in [3.8, 4) is 0 Å². The van der Waals surface area contributed by atoms with Gasteiger partial charge in [0.05, 0.1) is 5.69 Å². The van der Waals surface area contributed by atoms with E-state index in [9.17, 15) is 4.79 Å². The molecule has 0 fully saturated rings. The van der Waals surface area contributed by atoms with Crippen LogP contribution >= 0.6 is 0 Å². The lowest BCUT2D eigenvalue weighted by Gasteiger charge is -2.12. The highest BCUT2D eigenvalue weighted by Crippen LogP contribution is 2.14. The second-order valence-electron chi connectivity index (χ2n) is 5.67. The third-order valence-corrected chi connectivity index (χ3v) is 3.72. The van der Waals surface area contributed by atoms with Crippen molar-refractivity contribution in [1.29, 1.82) is 0 Å². The van der Waals surface area contributed by atoms with E-state index in [-0.39, 0.29) is 11.9 Å². The number of carbonyl (C=O) groups is 1. The van der Waals surface area contributed by atoms with Crippen molar-refractivity contribution in [2.45, 2.75) is 40.2 Å². The van der Waals surface area contributed by atoms with Gasteiger partial charge in [0.15, 0.2) is 0 Å². The molecule has 2 heterocycles. The van der Waals surface area contributed by atoms with Crippen LogP contribution in [0.15, 0.2) is 22.6 Å². The standard InChI is InChI=1S/C17H23N3O2/c1-11(10-16-13(3)19-20(5)14(16)4)18-17(21)9-8-15-7-6-12(2)22-15/h6-9,11H,10H2,1-5H3,(H,18,21)/b9-8+. The second kappa shape index (κ2) is 6.64. The molecule has 0 aliphatic carbocycles. The molecule has 2 rings (SSSR count). The van der Waals surface area contributed by atoms with Crippen molar-refractivity contribution < 1.29 is 9.21 Å². The van der Waals surface area contributed by atoms with Crippen molar-refractivity contribution in [2.75, 3.05) is 0 Å². The fourth-order valence-electron chi connectivity index (χ4n) is 2.46. The Labute approximate surface area is 131 Å². The average molecular weight is 301 g/mol. The highest BCUT2D eigenvalue weighted by molar-refractivity contribution is 5.91. The number of aryl methyl sites for hydroxylation is 3. The summed E-state index contributed by atoms with van der Waals surface area (Å²) < 4.78 is 7.26. The van der Waals surface area contributed by atoms with E-state index in [4.69, 9.17) is 4.42 Å². The van der Waals surface area contributed by atoms with Crippen molar-refractivity contribution in [3.63, 3.8) is 0 Å². The zero-order chi connectivity index (χ0) is 16.3. The van der Waals surface area contributed by atoms with Crippen LogP contribution in [0.3, 0.4) is 0 Å². The number of furan rings is 1. The first-order valence-corrected chi connectivity index (χ1v) is 7.41. The minimum atomic E-state index is -0.124. The van der Waals surface area contributed by atoms with Gasteiger partial charge < -0.3 is 9.73 Å². The number of aromatic nitrogens is 2. The lowest BCUT2D eigenvalue weighted by molar-refractivity contribution is -0.117. The zero-order valence-electron chi connectivity index (χ0n) is 13.8. The molecular weight excluding hydrogens is 278 g/mol. The minimum absolute atomic E-state index is 0.0390. The Morgan fingerprint density at radius 2 is 2.14 bits per heavy atom. The molecule has 0 radical (unpaired) electrons. The lowest BCUT2D eigenvalue weighted by Crippen LogP contribution is -2.33. The van der Waals surface area contributed by atoms with E-state index in [1.165, 1.54) is 11.6 Å². The maximum Gasteiger partial charge on any atom is 0.244 e. The van der Waals surface area contributed by atoms with Gasteiger partial charge in [-0.25, -0.2) is 0 Å². The minimum Gasteiger partial charge on any atom is -0.462 e. The predicted molar refractivity (Wildman–Crippen MR) is 86.5 cm³/mol. The van der Waals surface area contributed by atoms with E-state index in [1.807, 2.05) is 51.6 Å². The Kier molecular flexibility index (Phi) is 4.85. The molecule has 0 bridgehead atoms. The van der Waals surface area contributed by atoms with Crippen LogP contribution in [-0.4, -0.2) is 21.7 Å². The van der Waals surface area contributed by atoms with E-state index in [0.717, 1.165) is 23.6 Å². The van der Waals surface area contributed by atoms with E-state index < -0.39 is 0 Å². The number of amides is 1. The van der Waals surface area contributed by atoms with Gasteiger partial charge in [-0.05, 0) is 57.9 Å². The van der Waals surface area contributed by atoms with Gasteiger partial charge in [-0.15, -0.1) is 0 Å². The van der Waals surface area contributed by atoms with Crippen LogP contribution in [-0.2, 0) is 18.3 Å². The molecule has 2 aromatic rings. The Hall–Kier alpha value is -2.30. The van der Waals surface area contributed by atoms with E-state index >= 15 is 0 Å². The zero-order valence-corrected chi connectivity index (χ0v) is 13.8. The lowest BCUT2D eigenvalue weighted by atomic mass is 10.1. The quantitative estimate of drug-likeness (QED) is 0.864. The van der Waals surface area contributed by atoms with Crippen LogP contribution in [0.5, 0.6) is 0 Å². The summed E-state index contributed by atoms with van der Waals surface area (Å²) in [5.74, 6) is 1.39. The normalized spacial score (nSPS) is 12.8. The Morgan fingerprint density at radius 1 is 1.41 bits per heavy atom. The van der Waals surface area contributed by atoms with E-state index in [2.05, 4.69) is 10.4 Å². The topological polar surface area (TPSA) is 60.1 Å². The maximum absolute atomic E-state index is 11.9. The molecule has 5 heteroatoms. The van der Waals surface area contributed by atoms with Crippen LogP contribution in [0.1, 0.15) is 35.4 Å². The summed E-state index contributed by atoms with van der Waals surface area (Å²) in [4.78, 5) is 11.9. The highest BCUT2D eigenvalue weighted by atomic mass is 16.3. The fourth-order valence-corrected chi connectivity index (χ4v) is 2.46. The van der Waals surface area contributed by atoms with Gasteiger partial charge in [0.1, 0.15) is 11.5 Å². The first kappa shape index (κ1) is 16.1. The maximum atomic E-state index is 11.9. The van der Waals surface area contributed by atoms with Crippen LogP contribution in [0.2, 0.25) is 0 Å². The summed E-state index contributed by atoms with van der Waals surface area (Å²) in [7, 11) is 1.93. The van der Waals surface area contributed by atoms with Gasteiger partial charge in [-0.1, -0.05) is 0 Å². The molecule has 1 atom stereocenters. The summed E-state index contributed by atoms with van der Waals surface area (Å²) >= 11 is 0. The SMILES string of the molecule is Cc1ccc(/C=C/C(=O)NC(C)Cc2c(C)nn(C)c2C)o1. The molecule has 1 amide bonds. The number of carbonyl (C=O) groups excluding carboxylic acids is 1. The molecule has 0 aromatic carbocycles. The van der Waals surface area contributed by atoms with Crippen molar-refractivity contribution in [3.05, 3.63) is 46.7 Å². The third-order valence-electron chi connectivity index (χ3n) is 3.72. The Morgan fingerprint density at radius 3 is 2.68 bits per heavy atom. The van der Waals surface area contributed by atoms with Crippen molar-refractivity contribution >= 4 is 12.0 Å². The highest BCUT2D eigenvalue weighted by Gasteiger charge is 2.13. The fraction of sp³-hybridized carbons (Fsp3) is 0.412. The van der Waals surface area contributed by atoms with Crippen LogP contribution < -0.4 is 5.32 Å². The van der Waals surface area contributed by atoms with Crippen LogP contribution in [0, 0.1) is 20.8 Å². The number of nitrogens with one attached hydrogen (secondary N) is 1. The number of hydrogen-bond donors (Lipinski definition) is 1. The Balaban J connectivity index is 1.92. The summed E-state index contributed by atoms with van der Waals surface area (Å²) in [6, 6.07) is 3.75. The smallest absolute Gasteiger partial charge is 0.244 e. The summed E-state index contributed by atoms with van der Waals surface area (Å²) in [5.41, 5.74) is 3.35. The molecule has 5 nitrogen and oxygen atoms in total. The van der Waals surface area contributed by atoms with Gasteiger partial charge in [0, 0.05) is 24.9 Å².